The Balaban J connectivity index is 2.14. The molecule has 2 aromatic carbocycles. The van der Waals surface area contributed by atoms with Gasteiger partial charge in [0.1, 0.15) is 0 Å². The Hall–Kier alpha value is -2.67. The van der Waals surface area contributed by atoms with Crippen molar-refractivity contribution < 1.29 is 13.9 Å². The number of Topliss-reactive ketones (excluding diaryl/α,β-unsaturated/α-hetero) is 1. The summed E-state index contributed by atoms with van der Waals surface area (Å²) in [5, 5.41) is 8.66. The van der Waals surface area contributed by atoms with E-state index in [1.54, 1.807) is 31.2 Å². The molecule has 0 aliphatic heterocycles. The number of ketones is 1. The van der Waals surface area contributed by atoms with Crippen LogP contribution in [0.1, 0.15) is 22.8 Å². The van der Waals surface area contributed by atoms with Crippen LogP contribution in [-0.2, 0) is 0 Å². The van der Waals surface area contributed by atoms with E-state index in [1.807, 2.05) is 12.1 Å². The molecule has 0 spiro atoms. The molecule has 0 amide bonds. The van der Waals surface area contributed by atoms with Crippen molar-refractivity contribution in [3.05, 3.63) is 65.5 Å². The van der Waals surface area contributed by atoms with E-state index >= 15 is 0 Å². The first-order valence-corrected chi connectivity index (χ1v) is 6.07. The van der Waals surface area contributed by atoms with Gasteiger partial charge in [-0.15, -0.1) is 0 Å². The highest BCUT2D eigenvalue weighted by Gasteiger charge is 2.18. The van der Waals surface area contributed by atoms with E-state index in [1.165, 1.54) is 12.1 Å². The van der Waals surface area contributed by atoms with Crippen molar-refractivity contribution >= 4 is 5.78 Å². The van der Waals surface area contributed by atoms with Gasteiger partial charge in [0.05, 0.1) is 11.6 Å². The quantitative estimate of drug-likeness (QED) is 0.800. The van der Waals surface area contributed by atoms with Gasteiger partial charge in [-0.3, -0.25) is 4.79 Å². The molecule has 0 saturated carbocycles. The normalized spacial score (nSPS) is 11.4. The number of hydrogen-bond donors (Lipinski definition) is 0. The van der Waals surface area contributed by atoms with E-state index in [0.29, 0.717) is 5.56 Å². The smallest absolute Gasteiger partial charge is 0.202 e. The van der Waals surface area contributed by atoms with E-state index < -0.39 is 11.9 Å². The van der Waals surface area contributed by atoms with Crippen molar-refractivity contribution in [2.75, 3.05) is 0 Å². The molecule has 0 saturated heterocycles. The Bertz CT molecular complexity index is 662. The summed E-state index contributed by atoms with van der Waals surface area (Å²) in [6.45, 7) is 1.56. The first-order valence-electron chi connectivity index (χ1n) is 6.07. The minimum absolute atomic E-state index is 0.0409. The highest BCUT2D eigenvalue weighted by Crippen LogP contribution is 2.20. The molecule has 0 aromatic heterocycles. The molecule has 3 nitrogen and oxygen atoms in total. The van der Waals surface area contributed by atoms with Crippen LogP contribution in [0.15, 0.2) is 48.5 Å². The first-order chi connectivity index (χ1) is 9.61. The van der Waals surface area contributed by atoms with Gasteiger partial charge >= 0.3 is 0 Å². The second-order valence-electron chi connectivity index (χ2n) is 4.25. The number of rotatable bonds is 4. The Kier molecular flexibility index (Phi) is 4.11. The minimum atomic E-state index is -0.806. The van der Waals surface area contributed by atoms with E-state index in [4.69, 9.17) is 10.00 Å². The third-order valence-electron chi connectivity index (χ3n) is 2.79. The Morgan fingerprint density at radius 2 is 1.95 bits per heavy atom. The summed E-state index contributed by atoms with van der Waals surface area (Å²) in [7, 11) is 0. The maximum atomic E-state index is 13.7. The number of nitriles is 1. The van der Waals surface area contributed by atoms with Crippen LogP contribution in [0.2, 0.25) is 0 Å². The van der Waals surface area contributed by atoms with E-state index in [-0.39, 0.29) is 17.1 Å². The maximum Gasteiger partial charge on any atom is 0.202 e. The summed E-state index contributed by atoms with van der Waals surface area (Å²) < 4.78 is 19.0. The molecule has 2 rings (SSSR count). The second kappa shape index (κ2) is 5.98. The number of ether oxygens (including phenoxy) is 1. The highest BCUT2D eigenvalue weighted by molar-refractivity contribution is 5.99. The molecule has 0 aliphatic carbocycles. The molecule has 0 radical (unpaired) electrons. The summed E-state index contributed by atoms with van der Waals surface area (Å²) in [4.78, 5) is 12.1. The van der Waals surface area contributed by atoms with Gasteiger partial charge in [0.15, 0.2) is 17.7 Å². The summed E-state index contributed by atoms with van der Waals surface area (Å²) in [5.74, 6) is -0.924. The zero-order valence-electron chi connectivity index (χ0n) is 10.8. The van der Waals surface area contributed by atoms with Crippen LogP contribution >= 0.6 is 0 Å². The standard InChI is InChI=1S/C16H12FNO2/c1-11(16(19)13-5-3-2-4-6-13)20-15-8-7-12(10-18)9-14(15)17/h2-9,11H,1H3. The fourth-order valence-corrected chi connectivity index (χ4v) is 1.75. The fourth-order valence-electron chi connectivity index (χ4n) is 1.75. The third-order valence-corrected chi connectivity index (χ3v) is 2.79. The fraction of sp³-hybridized carbons (Fsp3) is 0.125. The molecule has 2 aromatic rings. The third kappa shape index (κ3) is 3.01. The lowest BCUT2D eigenvalue weighted by Gasteiger charge is -2.14. The molecule has 0 aliphatic rings. The van der Waals surface area contributed by atoms with Gasteiger partial charge in [-0.2, -0.15) is 5.26 Å². The number of halogens is 1. The van der Waals surface area contributed by atoms with Gasteiger partial charge in [0.25, 0.3) is 0 Å². The topological polar surface area (TPSA) is 50.1 Å². The van der Waals surface area contributed by atoms with Crippen LogP contribution in [0.25, 0.3) is 0 Å². The minimum Gasteiger partial charge on any atom is -0.479 e. The van der Waals surface area contributed by atoms with Crippen LogP contribution < -0.4 is 4.74 Å². The monoisotopic (exact) mass is 269 g/mol. The molecular formula is C16H12FNO2. The lowest BCUT2D eigenvalue weighted by molar-refractivity contribution is 0.0812. The Labute approximate surface area is 116 Å². The van der Waals surface area contributed by atoms with Gasteiger partial charge in [-0.1, -0.05) is 30.3 Å². The largest absolute Gasteiger partial charge is 0.479 e. The molecule has 0 heterocycles. The highest BCUT2D eigenvalue weighted by atomic mass is 19.1. The SMILES string of the molecule is CC(Oc1ccc(C#N)cc1F)C(=O)c1ccccc1. The zero-order valence-corrected chi connectivity index (χ0v) is 10.8. The van der Waals surface area contributed by atoms with Crippen molar-refractivity contribution in [3.8, 4) is 11.8 Å². The summed E-state index contributed by atoms with van der Waals surface area (Å²) in [5.41, 5.74) is 0.714. The summed E-state index contributed by atoms with van der Waals surface area (Å²) >= 11 is 0. The number of carbonyl (C=O) groups excluding carboxylic acids is 1. The van der Waals surface area contributed by atoms with Gasteiger partial charge in [-0.05, 0) is 25.1 Å². The molecule has 0 bridgehead atoms. The Morgan fingerprint density at radius 3 is 2.55 bits per heavy atom. The molecule has 0 fully saturated rings. The van der Waals surface area contributed by atoms with Gasteiger partial charge < -0.3 is 4.74 Å². The lowest BCUT2D eigenvalue weighted by Crippen LogP contribution is -2.24. The van der Waals surface area contributed by atoms with Gasteiger partial charge in [0.2, 0.25) is 5.78 Å². The Morgan fingerprint density at radius 1 is 1.25 bits per heavy atom. The van der Waals surface area contributed by atoms with Gasteiger partial charge in [-0.25, -0.2) is 4.39 Å². The number of benzene rings is 2. The second-order valence-corrected chi connectivity index (χ2v) is 4.25. The van der Waals surface area contributed by atoms with E-state index in [0.717, 1.165) is 6.07 Å². The zero-order chi connectivity index (χ0) is 14.5. The van der Waals surface area contributed by atoms with Crippen LogP contribution in [0.4, 0.5) is 4.39 Å². The van der Waals surface area contributed by atoms with Crippen LogP contribution in [-0.4, -0.2) is 11.9 Å². The molecule has 100 valence electrons. The van der Waals surface area contributed by atoms with Crippen LogP contribution in [0, 0.1) is 17.1 Å². The molecule has 4 heteroatoms. The van der Waals surface area contributed by atoms with Crippen LogP contribution in [0.3, 0.4) is 0 Å². The van der Waals surface area contributed by atoms with E-state index in [9.17, 15) is 9.18 Å². The molecule has 0 N–H and O–H groups in total. The number of carbonyl (C=O) groups is 1. The lowest BCUT2D eigenvalue weighted by atomic mass is 10.1. The van der Waals surface area contributed by atoms with Crippen molar-refractivity contribution in [1.29, 1.82) is 5.26 Å². The number of hydrogen-bond acceptors (Lipinski definition) is 3. The average Bonchev–Trinajstić information content (AvgIpc) is 2.49. The van der Waals surface area contributed by atoms with E-state index in [2.05, 4.69) is 0 Å². The molecule has 20 heavy (non-hydrogen) atoms. The molecule has 1 unspecified atom stereocenters. The molecule has 1 atom stereocenters. The summed E-state index contributed by atoms with van der Waals surface area (Å²) in [6.07, 6.45) is -0.806. The predicted octanol–water partition coefficient (Wildman–Crippen LogP) is 3.35. The summed E-state index contributed by atoms with van der Waals surface area (Å²) in [6, 6.07) is 14.4. The van der Waals surface area contributed by atoms with Crippen molar-refractivity contribution in [3.63, 3.8) is 0 Å². The van der Waals surface area contributed by atoms with Gasteiger partial charge in [0, 0.05) is 5.56 Å². The predicted molar refractivity (Wildman–Crippen MR) is 72.0 cm³/mol. The molecular weight excluding hydrogens is 257 g/mol. The van der Waals surface area contributed by atoms with Crippen LogP contribution in [0.5, 0.6) is 5.75 Å². The van der Waals surface area contributed by atoms with Crippen molar-refractivity contribution in [2.24, 2.45) is 0 Å². The van der Waals surface area contributed by atoms with Crippen molar-refractivity contribution in [2.45, 2.75) is 13.0 Å². The van der Waals surface area contributed by atoms with Crippen molar-refractivity contribution in [1.82, 2.24) is 0 Å². The average molecular weight is 269 g/mol. The maximum absolute atomic E-state index is 13.7. The first kappa shape index (κ1) is 13.8. The number of nitrogens with zero attached hydrogens (tertiary/aromatic N) is 1.